The van der Waals surface area contributed by atoms with Crippen LogP contribution in [0.5, 0.6) is 0 Å². The molecule has 1 rings (SSSR count). The highest BCUT2D eigenvalue weighted by Gasteiger charge is 2.15. The van der Waals surface area contributed by atoms with Gasteiger partial charge in [-0.3, -0.25) is 4.90 Å². The maximum absolute atomic E-state index is 9.05. The summed E-state index contributed by atoms with van der Waals surface area (Å²) in [6.07, 6.45) is 0.883. The van der Waals surface area contributed by atoms with E-state index in [-0.39, 0.29) is 12.6 Å². The fourth-order valence-electron chi connectivity index (χ4n) is 1.46. The van der Waals surface area contributed by atoms with Crippen LogP contribution in [-0.2, 0) is 13.0 Å². The average Bonchev–Trinajstić information content (AvgIpc) is 2.59. The summed E-state index contributed by atoms with van der Waals surface area (Å²) < 4.78 is 5.16. The zero-order valence-corrected chi connectivity index (χ0v) is 9.95. The molecule has 1 N–H and O–H groups in total. The van der Waals surface area contributed by atoms with Crippen molar-refractivity contribution in [2.45, 2.75) is 39.8 Å². The summed E-state index contributed by atoms with van der Waals surface area (Å²) in [6, 6.07) is 0.156. The largest absolute Gasteiger partial charge is 0.395 e. The van der Waals surface area contributed by atoms with E-state index in [9.17, 15) is 0 Å². The van der Waals surface area contributed by atoms with Crippen LogP contribution < -0.4 is 0 Å². The number of aliphatic hydroxyl groups excluding tert-OH is 1. The number of hydrogen-bond donors (Lipinski definition) is 1. The zero-order valence-electron chi connectivity index (χ0n) is 9.95. The minimum atomic E-state index is 0.156. The number of rotatable bonds is 5. The summed E-state index contributed by atoms with van der Waals surface area (Å²) in [6.45, 7) is 6.94. The predicted molar refractivity (Wildman–Crippen MR) is 58.6 cm³/mol. The Morgan fingerprint density at radius 3 is 2.73 bits per heavy atom. The molecule has 0 saturated carbocycles. The van der Waals surface area contributed by atoms with Gasteiger partial charge in [0.05, 0.1) is 12.3 Å². The molecule has 0 saturated heterocycles. The van der Waals surface area contributed by atoms with Gasteiger partial charge in [0.25, 0.3) is 0 Å². The molecule has 0 aliphatic carbocycles. The number of aryl methyl sites for hydroxylation is 2. The zero-order chi connectivity index (χ0) is 11.4. The summed E-state index contributed by atoms with van der Waals surface area (Å²) >= 11 is 0. The molecular formula is C11H20N2O2. The van der Waals surface area contributed by atoms with Crippen LogP contribution in [0.4, 0.5) is 0 Å². The summed E-state index contributed by atoms with van der Waals surface area (Å²) in [4.78, 5) is 2.10. The van der Waals surface area contributed by atoms with Crippen molar-refractivity contribution in [1.82, 2.24) is 10.1 Å². The molecule has 0 aromatic carbocycles. The number of aliphatic hydroxyl groups is 1. The first kappa shape index (κ1) is 12.2. The SMILES string of the molecule is CCc1noc(C)c1CN(C)C(C)CO. The molecule has 86 valence electrons. The van der Waals surface area contributed by atoms with Crippen molar-refractivity contribution < 1.29 is 9.63 Å². The standard InChI is InChI=1S/C11H20N2O2/c1-5-11-10(9(3)15-12-11)6-13(4)8(2)7-14/h8,14H,5-7H2,1-4H3. The minimum absolute atomic E-state index is 0.156. The van der Waals surface area contributed by atoms with Crippen LogP contribution in [0.25, 0.3) is 0 Å². The van der Waals surface area contributed by atoms with E-state index >= 15 is 0 Å². The molecule has 1 atom stereocenters. The molecule has 0 spiro atoms. The van der Waals surface area contributed by atoms with Gasteiger partial charge in [-0.25, -0.2) is 0 Å². The first-order chi connectivity index (χ1) is 7.10. The third-order valence-corrected chi connectivity index (χ3v) is 2.83. The van der Waals surface area contributed by atoms with E-state index in [1.54, 1.807) is 0 Å². The first-order valence-corrected chi connectivity index (χ1v) is 5.35. The van der Waals surface area contributed by atoms with Crippen molar-refractivity contribution in [2.24, 2.45) is 0 Å². The normalized spacial score (nSPS) is 13.5. The van der Waals surface area contributed by atoms with Crippen molar-refractivity contribution in [3.8, 4) is 0 Å². The van der Waals surface area contributed by atoms with E-state index in [0.29, 0.717) is 0 Å². The topological polar surface area (TPSA) is 49.5 Å². The molecule has 0 aliphatic heterocycles. The minimum Gasteiger partial charge on any atom is -0.395 e. The van der Waals surface area contributed by atoms with Gasteiger partial charge in [0.15, 0.2) is 0 Å². The van der Waals surface area contributed by atoms with Crippen LogP contribution in [-0.4, -0.2) is 34.9 Å². The third kappa shape index (κ3) is 2.79. The quantitative estimate of drug-likeness (QED) is 0.800. The van der Waals surface area contributed by atoms with Crippen LogP contribution in [0, 0.1) is 6.92 Å². The fourth-order valence-corrected chi connectivity index (χ4v) is 1.46. The Kier molecular flexibility index (Phi) is 4.29. The van der Waals surface area contributed by atoms with Crippen molar-refractivity contribution >= 4 is 0 Å². The second-order valence-corrected chi connectivity index (χ2v) is 3.96. The number of likely N-dealkylation sites (N-methyl/N-ethyl adjacent to an activating group) is 1. The Morgan fingerprint density at radius 1 is 1.53 bits per heavy atom. The van der Waals surface area contributed by atoms with Gasteiger partial charge in [-0.15, -0.1) is 0 Å². The molecule has 0 radical (unpaired) electrons. The first-order valence-electron chi connectivity index (χ1n) is 5.35. The Balaban J connectivity index is 2.74. The molecule has 0 bridgehead atoms. The molecule has 4 heteroatoms. The van der Waals surface area contributed by atoms with Crippen LogP contribution >= 0.6 is 0 Å². The average molecular weight is 212 g/mol. The predicted octanol–water partition coefficient (Wildman–Crippen LogP) is 1.36. The molecular weight excluding hydrogens is 192 g/mol. The van der Waals surface area contributed by atoms with Gasteiger partial charge in [-0.05, 0) is 27.3 Å². The molecule has 1 heterocycles. The maximum Gasteiger partial charge on any atom is 0.138 e. The highest BCUT2D eigenvalue weighted by molar-refractivity contribution is 5.21. The smallest absolute Gasteiger partial charge is 0.138 e. The van der Waals surface area contributed by atoms with Gasteiger partial charge < -0.3 is 9.63 Å². The molecule has 0 aliphatic rings. The molecule has 1 aromatic rings. The number of nitrogens with zero attached hydrogens (tertiary/aromatic N) is 2. The van der Waals surface area contributed by atoms with E-state index in [4.69, 9.17) is 9.63 Å². The Bertz CT molecular complexity index is 310. The highest BCUT2D eigenvalue weighted by Crippen LogP contribution is 2.16. The fraction of sp³-hybridized carbons (Fsp3) is 0.727. The van der Waals surface area contributed by atoms with E-state index in [1.807, 2.05) is 20.9 Å². The van der Waals surface area contributed by atoms with E-state index in [0.717, 1.165) is 30.0 Å². The molecule has 0 amide bonds. The Hall–Kier alpha value is -0.870. The summed E-state index contributed by atoms with van der Waals surface area (Å²) in [5, 5.41) is 13.1. The number of hydrogen-bond acceptors (Lipinski definition) is 4. The van der Waals surface area contributed by atoms with Gasteiger partial charge in [0, 0.05) is 18.2 Å². The molecule has 4 nitrogen and oxygen atoms in total. The summed E-state index contributed by atoms with van der Waals surface area (Å²) in [5.74, 6) is 0.879. The molecule has 15 heavy (non-hydrogen) atoms. The van der Waals surface area contributed by atoms with E-state index < -0.39 is 0 Å². The van der Waals surface area contributed by atoms with Crippen molar-refractivity contribution in [1.29, 1.82) is 0 Å². The van der Waals surface area contributed by atoms with Gasteiger partial charge in [-0.1, -0.05) is 12.1 Å². The second kappa shape index (κ2) is 5.28. The summed E-state index contributed by atoms with van der Waals surface area (Å²) in [7, 11) is 1.99. The van der Waals surface area contributed by atoms with Gasteiger partial charge in [-0.2, -0.15) is 0 Å². The monoisotopic (exact) mass is 212 g/mol. The lowest BCUT2D eigenvalue weighted by atomic mass is 10.1. The van der Waals surface area contributed by atoms with Crippen LogP contribution in [0.1, 0.15) is 30.9 Å². The Morgan fingerprint density at radius 2 is 2.20 bits per heavy atom. The third-order valence-electron chi connectivity index (χ3n) is 2.83. The molecule has 1 unspecified atom stereocenters. The van der Waals surface area contributed by atoms with Crippen LogP contribution in [0.2, 0.25) is 0 Å². The van der Waals surface area contributed by atoms with Crippen LogP contribution in [0.15, 0.2) is 4.52 Å². The lowest BCUT2D eigenvalue weighted by Gasteiger charge is -2.22. The van der Waals surface area contributed by atoms with Crippen LogP contribution in [0.3, 0.4) is 0 Å². The lowest BCUT2D eigenvalue weighted by Crippen LogP contribution is -2.31. The highest BCUT2D eigenvalue weighted by atomic mass is 16.5. The van der Waals surface area contributed by atoms with E-state index in [1.165, 1.54) is 0 Å². The van der Waals surface area contributed by atoms with Crippen molar-refractivity contribution in [3.63, 3.8) is 0 Å². The molecule has 1 aromatic heterocycles. The van der Waals surface area contributed by atoms with Gasteiger partial charge >= 0.3 is 0 Å². The van der Waals surface area contributed by atoms with E-state index in [2.05, 4.69) is 17.0 Å². The summed E-state index contributed by atoms with van der Waals surface area (Å²) in [5.41, 5.74) is 2.17. The van der Waals surface area contributed by atoms with Gasteiger partial charge in [0.2, 0.25) is 0 Å². The second-order valence-electron chi connectivity index (χ2n) is 3.96. The maximum atomic E-state index is 9.05. The van der Waals surface area contributed by atoms with Crippen molar-refractivity contribution in [3.05, 3.63) is 17.0 Å². The lowest BCUT2D eigenvalue weighted by molar-refractivity contribution is 0.153. The van der Waals surface area contributed by atoms with Gasteiger partial charge in [0.1, 0.15) is 5.76 Å². The Labute approximate surface area is 90.9 Å². The number of aromatic nitrogens is 1. The van der Waals surface area contributed by atoms with Crippen molar-refractivity contribution in [2.75, 3.05) is 13.7 Å². The molecule has 0 fully saturated rings.